The van der Waals surface area contributed by atoms with Gasteiger partial charge >= 0.3 is 17.9 Å². The predicted octanol–water partition coefficient (Wildman–Crippen LogP) is 17.1. The highest BCUT2D eigenvalue weighted by molar-refractivity contribution is 5.71. The molecule has 61 heavy (non-hydrogen) atoms. The maximum atomic E-state index is 12.8. The van der Waals surface area contributed by atoms with E-state index in [9.17, 15) is 14.4 Å². The first kappa shape index (κ1) is 58.4. The number of carbonyl (C=O) groups excluding carboxylic acids is 3. The van der Waals surface area contributed by atoms with E-state index in [1.165, 1.54) is 141 Å². The van der Waals surface area contributed by atoms with E-state index in [4.69, 9.17) is 14.2 Å². The van der Waals surface area contributed by atoms with Crippen molar-refractivity contribution in [2.45, 2.75) is 271 Å². The Hall–Kier alpha value is -2.63. The zero-order valence-electron chi connectivity index (χ0n) is 40.4. The lowest BCUT2D eigenvalue weighted by atomic mass is 10.0. The number of carbonyl (C=O) groups is 3. The van der Waals surface area contributed by atoms with Gasteiger partial charge in [0.25, 0.3) is 0 Å². The molecule has 0 saturated carbocycles. The lowest BCUT2D eigenvalue weighted by Gasteiger charge is -2.18. The monoisotopic (exact) mass is 855 g/mol. The molecule has 0 spiro atoms. The summed E-state index contributed by atoms with van der Waals surface area (Å²) in [4.78, 5) is 37.9. The molecule has 0 amide bonds. The summed E-state index contributed by atoms with van der Waals surface area (Å²) in [5.41, 5.74) is 0. The van der Waals surface area contributed by atoms with Gasteiger partial charge in [-0.2, -0.15) is 0 Å². The van der Waals surface area contributed by atoms with Crippen LogP contribution >= 0.6 is 0 Å². The minimum atomic E-state index is -0.780. The van der Waals surface area contributed by atoms with E-state index in [0.717, 1.165) is 83.5 Å². The number of unbranched alkanes of at least 4 members (excludes halogenated alkanes) is 28. The van der Waals surface area contributed by atoms with Crippen LogP contribution in [0.1, 0.15) is 265 Å². The van der Waals surface area contributed by atoms with Crippen LogP contribution in [0.3, 0.4) is 0 Å². The second-order valence-electron chi connectivity index (χ2n) is 17.4. The summed E-state index contributed by atoms with van der Waals surface area (Å²) < 4.78 is 16.8. The van der Waals surface area contributed by atoms with Crippen molar-refractivity contribution in [1.29, 1.82) is 0 Å². The molecule has 0 saturated heterocycles. The third-order valence-corrected chi connectivity index (χ3v) is 11.3. The van der Waals surface area contributed by atoms with Gasteiger partial charge in [0.1, 0.15) is 13.2 Å². The maximum absolute atomic E-state index is 12.8. The van der Waals surface area contributed by atoms with Crippen molar-refractivity contribution >= 4 is 17.9 Å². The minimum absolute atomic E-state index is 0.0797. The van der Waals surface area contributed by atoms with E-state index < -0.39 is 6.10 Å². The van der Waals surface area contributed by atoms with Gasteiger partial charge in [0, 0.05) is 19.3 Å². The molecule has 0 radical (unpaired) electrons. The molecule has 0 aromatic rings. The van der Waals surface area contributed by atoms with Crippen molar-refractivity contribution in [3.05, 3.63) is 48.6 Å². The molecule has 354 valence electrons. The van der Waals surface area contributed by atoms with Crippen molar-refractivity contribution in [2.75, 3.05) is 13.2 Å². The predicted molar refractivity (Wildman–Crippen MR) is 261 cm³/mol. The van der Waals surface area contributed by atoms with E-state index in [1.807, 2.05) is 0 Å². The summed E-state index contributed by atoms with van der Waals surface area (Å²) in [5, 5.41) is 0. The molecule has 0 aromatic heterocycles. The average Bonchev–Trinajstić information content (AvgIpc) is 3.26. The second-order valence-corrected chi connectivity index (χ2v) is 17.4. The summed E-state index contributed by atoms with van der Waals surface area (Å²) >= 11 is 0. The highest BCUT2D eigenvalue weighted by Gasteiger charge is 2.19. The highest BCUT2D eigenvalue weighted by Crippen LogP contribution is 2.15. The van der Waals surface area contributed by atoms with E-state index in [2.05, 4.69) is 69.4 Å². The molecule has 0 N–H and O–H groups in total. The van der Waals surface area contributed by atoms with Gasteiger partial charge in [-0.05, 0) is 64.2 Å². The van der Waals surface area contributed by atoms with Crippen LogP contribution in [-0.2, 0) is 28.6 Å². The van der Waals surface area contributed by atoms with E-state index >= 15 is 0 Å². The van der Waals surface area contributed by atoms with Gasteiger partial charge in [-0.15, -0.1) is 0 Å². The van der Waals surface area contributed by atoms with Crippen LogP contribution < -0.4 is 0 Å². The molecule has 6 heteroatoms. The molecule has 0 aliphatic carbocycles. The van der Waals surface area contributed by atoms with Crippen LogP contribution in [0, 0.1) is 0 Å². The van der Waals surface area contributed by atoms with Crippen LogP contribution in [0.5, 0.6) is 0 Å². The maximum Gasteiger partial charge on any atom is 0.306 e. The third-order valence-electron chi connectivity index (χ3n) is 11.3. The fourth-order valence-corrected chi connectivity index (χ4v) is 7.37. The zero-order valence-corrected chi connectivity index (χ0v) is 40.4. The van der Waals surface area contributed by atoms with Crippen molar-refractivity contribution in [3.63, 3.8) is 0 Å². The summed E-state index contributed by atoms with van der Waals surface area (Å²) in [6, 6.07) is 0. The molecular weight excluding hydrogens is 757 g/mol. The molecule has 1 atom stereocenters. The summed E-state index contributed by atoms with van der Waals surface area (Å²) in [6.45, 7) is 6.59. The van der Waals surface area contributed by atoms with Crippen LogP contribution in [0.2, 0.25) is 0 Å². The first-order chi connectivity index (χ1) is 30.0. The van der Waals surface area contributed by atoms with Crippen molar-refractivity contribution in [1.82, 2.24) is 0 Å². The molecule has 6 nitrogen and oxygen atoms in total. The summed E-state index contributed by atoms with van der Waals surface area (Å²) in [7, 11) is 0. The first-order valence-electron chi connectivity index (χ1n) is 26.1. The number of hydrogen-bond donors (Lipinski definition) is 0. The topological polar surface area (TPSA) is 78.9 Å². The van der Waals surface area contributed by atoms with Crippen LogP contribution in [0.25, 0.3) is 0 Å². The van der Waals surface area contributed by atoms with E-state index in [-0.39, 0.29) is 31.1 Å². The molecule has 0 aliphatic rings. The summed E-state index contributed by atoms with van der Waals surface area (Å²) in [5.74, 6) is -0.904. The zero-order chi connectivity index (χ0) is 44.4. The van der Waals surface area contributed by atoms with Crippen LogP contribution in [0.15, 0.2) is 48.6 Å². The van der Waals surface area contributed by atoms with Crippen molar-refractivity contribution in [3.8, 4) is 0 Å². The lowest BCUT2D eigenvalue weighted by Crippen LogP contribution is -2.30. The number of esters is 3. The normalized spacial score (nSPS) is 12.4. The van der Waals surface area contributed by atoms with Crippen LogP contribution in [-0.4, -0.2) is 37.2 Å². The van der Waals surface area contributed by atoms with Crippen molar-refractivity contribution in [2.24, 2.45) is 0 Å². The van der Waals surface area contributed by atoms with Gasteiger partial charge in [-0.25, -0.2) is 0 Å². The standard InChI is InChI=1S/C55H98O6/c1-4-7-10-13-16-19-22-25-26-27-28-29-30-31-34-36-39-42-45-48-54(57)60-51-52(61-55(58)49-46-43-40-37-33-24-21-18-15-12-9-6-3)50-59-53(56)47-44-41-38-35-32-23-20-17-14-11-8-5-2/h16,19,25-26,28-29,31,34,52H,4-15,17-18,20-24,27,30,32-33,35-51H2,1-3H3/b19-16-,26-25-,29-28-,34-31-/t52-/m0/s1. The van der Waals surface area contributed by atoms with Gasteiger partial charge in [0.2, 0.25) is 0 Å². The Labute approximate surface area is 378 Å². The third kappa shape index (κ3) is 48.3. The summed E-state index contributed by atoms with van der Waals surface area (Å²) in [6.07, 6.45) is 59.5. The Kier molecular flexibility index (Phi) is 47.9. The molecular formula is C55H98O6. The Morgan fingerprint density at radius 2 is 0.590 bits per heavy atom. The van der Waals surface area contributed by atoms with Gasteiger partial charge in [-0.1, -0.05) is 230 Å². The molecule has 0 unspecified atom stereocenters. The number of rotatable bonds is 47. The smallest absolute Gasteiger partial charge is 0.306 e. The SMILES string of the molecule is CCCCC/C=C\C/C=C\C/C=C\C/C=C\CCCCCC(=O)OC[C@H](COC(=O)CCCCCCCCCCCCCC)OC(=O)CCCCCCCCCCCCCC. The van der Waals surface area contributed by atoms with Gasteiger partial charge in [0.05, 0.1) is 0 Å². The number of ether oxygens (including phenoxy) is 3. The average molecular weight is 855 g/mol. The van der Waals surface area contributed by atoms with Crippen LogP contribution in [0.4, 0.5) is 0 Å². The minimum Gasteiger partial charge on any atom is -0.462 e. The van der Waals surface area contributed by atoms with E-state index in [0.29, 0.717) is 19.3 Å². The molecule has 0 rings (SSSR count). The van der Waals surface area contributed by atoms with Gasteiger partial charge < -0.3 is 14.2 Å². The first-order valence-corrected chi connectivity index (χ1v) is 26.1. The quantitative estimate of drug-likeness (QED) is 0.0263. The lowest BCUT2D eigenvalue weighted by molar-refractivity contribution is -0.167. The molecule has 0 aliphatic heterocycles. The Morgan fingerprint density at radius 3 is 0.951 bits per heavy atom. The second kappa shape index (κ2) is 50.0. The highest BCUT2D eigenvalue weighted by atomic mass is 16.6. The van der Waals surface area contributed by atoms with E-state index in [1.54, 1.807) is 0 Å². The Balaban J connectivity index is 4.39. The molecule has 0 fully saturated rings. The van der Waals surface area contributed by atoms with Gasteiger partial charge in [0.15, 0.2) is 6.10 Å². The number of allylic oxidation sites excluding steroid dienone is 8. The molecule has 0 heterocycles. The fourth-order valence-electron chi connectivity index (χ4n) is 7.37. The molecule has 0 aromatic carbocycles. The largest absolute Gasteiger partial charge is 0.462 e. The van der Waals surface area contributed by atoms with Crippen molar-refractivity contribution < 1.29 is 28.6 Å². The molecule has 0 bridgehead atoms. The Morgan fingerprint density at radius 1 is 0.328 bits per heavy atom. The van der Waals surface area contributed by atoms with Gasteiger partial charge in [-0.3, -0.25) is 14.4 Å². The Bertz CT molecular complexity index is 1070. The number of hydrogen-bond acceptors (Lipinski definition) is 6. The fraction of sp³-hybridized carbons (Fsp3) is 0.800.